The number of benzene rings is 3. The average molecular weight is 528 g/mol. The molecular formula is C28H21IN2O. The van der Waals surface area contributed by atoms with Crippen molar-refractivity contribution in [2.45, 2.75) is 23.2 Å². The minimum atomic E-state index is -0.418. The molecule has 4 heteroatoms. The lowest BCUT2D eigenvalue weighted by Crippen LogP contribution is -2.30. The van der Waals surface area contributed by atoms with Crippen molar-refractivity contribution >= 4 is 44.5 Å². The SMILES string of the molecule is CC(C)c1ccc2c(c1)-n1c3ncccc3c(=O)c3cccc(c31)C2(I)c1ccccc1. The molecule has 156 valence electrons. The van der Waals surface area contributed by atoms with Crippen molar-refractivity contribution in [1.82, 2.24) is 9.55 Å². The van der Waals surface area contributed by atoms with Gasteiger partial charge in [-0.25, -0.2) is 4.98 Å². The highest BCUT2D eigenvalue weighted by molar-refractivity contribution is 14.1. The molecule has 6 rings (SSSR count). The highest BCUT2D eigenvalue weighted by atomic mass is 127. The molecule has 0 radical (unpaired) electrons. The van der Waals surface area contributed by atoms with Crippen LogP contribution in [-0.2, 0) is 3.42 Å². The predicted molar refractivity (Wildman–Crippen MR) is 139 cm³/mol. The summed E-state index contributed by atoms with van der Waals surface area (Å²) in [5.41, 5.74) is 7.61. The number of rotatable bonds is 2. The molecule has 0 saturated heterocycles. The van der Waals surface area contributed by atoms with E-state index in [9.17, 15) is 4.79 Å². The number of hydrogen-bond acceptors (Lipinski definition) is 2. The topological polar surface area (TPSA) is 34.9 Å². The summed E-state index contributed by atoms with van der Waals surface area (Å²) in [6.07, 6.45) is 1.77. The van der Waals surface area contributed by atoms with Crippen molar-refractivity contribution in [3.8, 4) is 5.69 Å². The largest absolute Gasteiger partial charge is 0.293 e. The number of para-hydroxylation sites is 1. The number of alkyl halides is 1. The lowest BCUT2D eigenvalue weighted by Gasteiger charge is -2.38. The number of fused-ring (bicyclic) bond motifs is 4. The quantitative estimate of drug-likeness (QED) is 0.145. The molecule has 1 unspecified atom stereocenters. The summed E-state index contributed by atoms with van der Waals surface area (Å²) in [6.45, 7) is 4.43. The first kappa shape index (κ1) is 19.7. The fraction of sp³-hybridized carbons (Fsp3) is 0.143. The van der Waals surface area contributed by atoms with Crippen LogP contribution in [0.1, 0.15) is 42.0 Å². The van der Waals surface area contributed by atoms with E-state index in [1.807, 2.05) is 30.3 Å². The molecule has 0 N–H and O–H groups in total. The van der Waals surface area contributed by atoms with Gasteiger partial charge in [0.1, 0.15) is 9.07 Å². The van der Waals surface area contributed by atoms with E-state index in [0.717, 1.165) is 22.2 Å². The Morgan fingerprint density at radius 2 is 1.66 bits per heavy atom. The maximum absolute atomic E-state index is 13.5. The Morgan fingerprint density at radius 1 is 0.875 bits per heavy atom. The molecule has 0 bridgehead atoms. The molecule has 3 heterocycles. The summed E-state index contributed by atoms with van der Waals surface area (Å²) < 4.78 is 1.79. The lowest BCUT2D eigenvalue weighted by molar-refractivity contribution is 0.844. The summed E-state index contributed by atoms with van der Waals surface area (Å²) in [4.78, 5) is 18.2. The minimum Gasteiger partial charge on any atom is -0.293 e. The van der Waals surface area contributed by atoms with E-state index in [1.165, 1.54) is 16.7 Å². The van der Waals surface area contributed by atoms with Crippen LogP contribution in [0.4, 0.5) is 0 Å². The van der Waals surface area contributed by atoms with Crippen LogP contribution >= 0.6 is 22.6 Å². The summed E-state index contributed by atoms with van der Waals surface area (Å²) in [5.74, 6) is 0.395. The van der Waals surface area contributed by atoms with Crippen LogP contribution < -0.4 is 5.43 Å². The predicted octanol–water partition coefficient (Wildman–Crippen LogP) is 6.70. The molecule has 3 nitrogen and oxygen atoms in total. The Balaban J connectivity index is 1.90. The Morgan fingerprint density at radius 3 is 2.44 bits per heavy atom. The van der Waals surface area contributed by atoms with Gasteiger partial charge in [0.25, 0.3) is 0 Å². The van der Waals surface area contributed by atoms with Gasteiger partial charge in [-0.1, -0.05) is 91.0 Å². The maximum atomic E-state index is 13.5. The minimum absolute atomic E-state index is 0.0384. The molecule has 5 aromatic rings. The summed E-state index contributed by atoms with van der Waals surface area (Å²) in [6, 6.07) is 27.2. The van der Waals surface area contributed by atoms with Gasteiger partial charge < -0.3 is 0 Å². The van der Waals surface area contributed by atoms with Crippen molar-refractivity contribution in [1.29, 1.82) is 0 Å². The maximum Gasteiger partial charge on any atom is 0.198 e. The fourth-order valence-electron chi connectivity index (χ4n) is 4.99. The molecule has 3 aromatic carbocycles. The van der Waals surface area contributed by atoms with Crippen molar-refractivity contribution in [2.24, 2.45) is 0 Å². The van der Waals surface area contributed by atoms with Gasteiger partial charge in [-0.15, -0.1) is 0 Å². The molecule has 0 fully saturated rings. The van der Waals surface area contributed by atoms with Crippen LogP contribution in [0.3, 0.4) is 0 Å². The van der Waals surface area contributed by atoms with Crippen LogP contribution in [-0.4, -0.2) is 9.55 Å². The first-order valence-corrected chi connectivity index (χ1v) is 11.9. The van der Waals surface area contributed by atoms with Crippen molar-refractivity contribution in [3.63, 3.8) is 0 Å². The molecule has 2 aromatic heterocycles. The molecule has 1 aliphatic rings. The normalized spacial score (nSPS) is 17.1. The molecule has 0 aliphatic carbocycles. The van der Waals surface area contributed by atoms with Gasteiger partial charge in [-0.05, 0) is 41.3 Å². The first-order valence-electron chi connectivity index (χ1n) is 10.8. The summed E-state index contributed by atoms with van der Waals surface area (Å²) in [7, 11) is 0. The zero-order valence-electron chi connectivity index (χ0n) is 17.8. The average Bonchev–Trinajstić information content (AvgIpc) is 2.83. The molecule has 1 atom stereocenters. The van der Waals surface area contributed by atoms with Crippen molar-refractivity contribution in [3.05, 3.63) is 118 Å². The molecule has 0 saturated carbocycles. The number of pyridine rings is 2. The number of nitrogens with zero attached hydrogens (tertiary/aromatic N) is 2. The van der Waals surface area contributed by atoms with Crippen molar-refractivity contribution < 1.29 is 0 Å². The van der Waals surface area contributed by atoms with Crippen LogP contribution in [0.25, 0.3) is 27.6 Å². The van der Waals surface area contributed by atoms with E-state index in [1.54, 1.807) is 6.20 Å². The monoisotopic (exact) mass is 528 g/mol. The van der Waals surface area contributed by atoms with Gasteiger partial charge in [-0.2, -0.15) is 0 Å². The Kier molecular flexibility index (Phi) is 4.31. The second kappa shape index (κ2) is 7.01. The van der Waals surface area contributed by atoms with E-state index in [4.69, 9.17) is 4.98 Å². The third-order valence-electron chi connectivity index (χ3n) is 6.59. The van der Waals surface area contributed by atoms with Gasteiger partial charge in [0.05, 0.1) is 16.6 Å². The van der Waals surface area contributed by atoms with Gasteiger partial charge in [0.2, 0.25) is 0 Å². The Hall–Kier alpha value is -2.99. The van der Waals surface area contributed by atoms with Gasteiger partial charge in [-0.3, -0.25) is 9.36 Å². The number of hydrogen-bond donors (Lipinski definition) is 0. The lowest BCUT2D eigenvalue weighted by atomic mass is 9.79. The van der Waals surface area contributed by atoms with Gasteiger partial charge in [0, 0.05) is 22.7 Å². The standard InChI is InChI=1S/C28H21IN2O/c1-17(2)18-13-14-22-24(16-18)31-25-20(26(32)21-11-7-15-30-27(21)31)10-6-12-23(25)28(22,29)19-8-4-3-5-9-19/h3-17H,1-2H3. The zero-order chi connectivity index (χ0) is 22.0. The van der Waals surface area contributed by atoms with Gasteiger partial charge >= 0.3 is 0 Å². The summed E-state index contributed by atoms with van der Waals surface area (Å²) in [5, 5.41) is 1.39. The smallest absolute Gasteiger partial charge is 0.198 e. The van der Waals surface area contributed by atoms with E-state index in [0.29, 0.717) is 17.0 Å². The summed E-state index contributed by atoms with van der Waals surface area (Å²) >= 11 is 2.58. The van der Waals surface area contributed by atoms with E-state index in [2.05, 4.69) is 89.5 Å². The Bertz CT molecular complexity index is 1590. The molecular weight excluding hydrogens is 507 g/mol. The van der Waals surface area contributed by atoms with E-state index >= 15 is 0 Å². The molecule has 0 amide bonds. The third kappa shape index (κ3) is 2.53. The second-order valence-electron chi connectivity index (χ2n) is 8.70. The van der Waals surface area contributed by atoms with Crippen LogP contribution in [0.15, 0.2) is 89.9 Å². The van der Waals surface area contributed by atoms with Crippen LogP contribution in [0, 0.1) is 0 Å². The van der Waals surface area contributed by atoms with Gasteiger partial charge in [0.15, 0.2) is 5.43 Å². The zero-order valence-corrected chi connectivity index (χ0v) is 20.0. The van der Waals surface area contributed by atoms with Crippen molar-refractivity contribution in [2.75, 3.05) is 0 Å². The third-order valence-corrected chi connectivity index (χ3v) is 8.38. The number of aromatic nitrogens is 2. The number of halogens is 1. The van der Waals surface area contributed by atoms with Crippen LogP contribution in [0.2, 0.25) is 0 Å². The molecule has 0 spiro atoms. The van der Waals surface area contributed by atoms with E-state index in [-0.39, 0.29) is 5.43 Å². The highest BCUT2D eigenvalue weighted by Gasteiger charge is 2.41. The first-order chi connectivity index (χ1) is 15.5. The Labute approximate surface area is 199 Å². The van der Waals surface area contributed by atoms with E-state index < -0.39 is 3.42 Å². The fourth-order valence-corrected chi connectivity index (χ4v) is 6.24. The van der Waals surface area contributed by atoms with Crippen LogP contribution in [0.5, 0.6) is 0 Å². The second-order valence-corrected chi connectivity index (χ2v) is 10.3. The highest BCUT2D eigenvalue weighted by Crippen LogP contribution is 2.53. The molecule has 32 heavy (non-hydrogen) atoms. The molecule has 1 aliphatic heterocycles.